The van der Waals surface area contributed by atoms with E-state index in [1.807, 2.05) is 24.4 Å². The van der Waals surface area contributed by atoms with Crippen molar-refractivity contribution in [3.05, 3.63) is 59.9 Å². The zero-order chi connectivity index (χ0) is 18.6. The van der Waals surface area contributed by atoms with Crippen LogP contribution in [0.15, 0.2) is 48.8 Å². The number of rotatable bonds is 4. The van der Waals surface area contributed by atoms with Gasteiger partial charge in [-0.15, -0.1) is 5.10 Å². The third kappa shape index (κ3) is 3.97. The van der Waals surface area contributed by atoms with Crippen LogP contribution < -0.4 is 15.1 Å². The average molecular weight is 361 g/mol. The molecule has 27 heavy (non-hydrogen) atoms. The molecule has 0 atom stereocenters. The number of nitrogens with one attached hydrogen (secondary N) is 1. The van der Waals surface area contributed by atoms with Crippen molar-refractivity contribution in [1.82, 2.24) is 20.2 Å². The van der Waals surface area contributed by atoms with Gasteiger partial charge in [0.2, 0.25) is 5.95 Å². The Balaban J connectivity index is 1.45. The van der Waals surface area contributed by atoms with Crippen LogP contribution in [0.5, 0.6) is 0 Å². The van der Waals surface area contributed by atoms with E-state index in [-0.39, 0.29) is 0 Å². The lowest BCUT2D eigenvalue weighted by Gasteiger charge is -2.35. The van der Waals surface area contributed by atoms with Crippen LogP contribution in [0.1, 0.15) is 11.1 Å². The highest BCUT2D eigenvalue weighted by Crippen LogP contribution is 2.22. The molecule has 1 N–H and O–H groups in total. The molecule has 1 saturated heterocycles. The maximum Gasteiger partial charge on any atom is 0.247 e. The minimum absolute atomic E-state index is 0.658. The largest absolute Gasteiger partial charge is 0.353 e. The molecular weight excluding hydrogens is 338 g/mol. The van der Waals surface area contributed by atoms with Gasteiger partial charge in [0.15, 0.2) is 5.82 Å². The smallest absolute Gasteiger partial charge is 0.247 e. The number of aryl methyl sites for hydroxylation is 2. The Kier molecular flexibility index (Phi) is 4.82. The lowest BCUT2D eigenvalue weighted by atomic mass is 10.1. The first-order chi connectivity index (χ1) is 13.2. The van der Waals surface area contributed by atoms with Crippen molar-refractivity contribution in [2.24, 2.45) is 0 Å². The average Bonchev–Trinajstić information content (AvgIpc) is 2.72. The Bertz CT molecular complexity index is 905. The van der Waals surface area contributed by atoms with Gasteiger partial charge in [0.1, 0.15) is 5.82 Å². The second kappa shape index (κ2) is 7.57. The summed E-state index contributed by atoms with van der Waals surface area (Å²) in [6, 6.07) is 12.3. The van der Waals surface area contributed by atoms with E-state index in [1.54, 1.807) is 6.20 Å². The molecule has 0 aliphatic carbocycles. The molecule has 3 heterocycles. The number of pyridine rings is 1. The summed E-state index contributed by atoms with van der Waals surface area (Å²) in [6.45, 7) is 7.60. The minimum atomic E-state index is 0.658. The Morgan fingerprint density at radius 1 is 0.963 bits per heavy atom. The van der Waals surface area contributed by atoms with Gasteiger partial charge in [0.05, 0.1) is 6.20 Å². The van der Waals surface area contributed by atoms with E-state index in [1.165, 1.54) is 11.1 Å². The number of piperazine rings is 1. The first-order valence-corrected chi connectivity index (χ1v) is 9.14. The summed E-state index contributed by atoms with van der Waals surface area (Å²) in [7, 11) is 0. The van der Waals surface area contributed by atoms with Gasteiger partial charge < -0.3 is 15.1 Å². The van der Waals surface area contributed by atoms with Gasteiger partial charge in [0.25, 0.3) is 0 Å². The van der Waals surface area contributed by atoms with E-state index >= 15 is 0 Å². The van der Waals surface area contributed by atoms with Gasteiger partial charge in [-0.25, -0.2) is 4.98 Å². The predicted molar refractivity (Wildman–Crippen MR) is 108 cm³/mol. The SMILES string of the molecule is Cc1ccc(C)c(Nc2cnnc(N3CCN(c4ccccn4)CC3)n2)c1. The van der Waals surface area contributed by atoms with Gasteiger partial charge in [0, 0.05) is 38.1 Å². The maximum absolute atomic E-state index is 4.67. The molecule has 1 fully saturated rings. The standard InChI is InChI=1S/C20H23N7/c1-15-6-7-16(2)17(13-15)23-18-14-22-25-20(24-18)27-11-9-26(10-12-27)19-5-3-4-8-21-19/h3-8,13-14H,9-12H2,1-2H3,(H,23,24,25). The second-order valence-electron chi connectivity index (χ2n) is 6.75. The fourth-order valence-corrected chi connectivity index (χ4v) is 3.17. The zero-order valence-corrected chi connectivity index (χ0v) is 15.6. The van der Waals surface area contributed by atoms with E-state index < -0.39 is 0 Å². The Morgan fingerprint density at radius 3 is 2.56 bits per heavy atom. The summed E-state index contributed by atoms with van der Waals surface area (Å²) < 4.78 is 0. The monoisotopic (exact) mass is 361 g/mol. The number of aromatic nitrogens is 4. The number of nitrogens with zero attached hydrogens (tertiary/aromatic N) is 6. The summed E-state index contributed by atoms with van der Waals surface area (Å²) in [6.07, 6.45) is 3.49. The van der Waals surface area contributed by atoms with Crippen LogP contribution in [0.2, 0.25) is 0 Å². The van der Waals surface area contributed by atoms with Crippen LogP contribution in [-0.4, -0.2) is 46.3 Å². The van der Waals surface area contributed by atoms with E-state index in [0.29, 0.717) is 11.8 Å². The Hall–Kier alpha value is -3.22. The van der Waals surface area contributed by atoms with Crippen molar-refractivity contribution in [3.63, 3.8) is 0 Å². The molecule has 0 spiro atoms. The van der Waals surface area contributed by atoms with Crippen LogP contribution in [-0.2, 0) is 0 Å². The predicted octanol–water partition coefficient (Wildman–Crippen LogP) is 2.95. The van der Waals surface area contributed by atoms with E-state index in [2.05, 4.69) is 67.3 Å². The minimum Gasteiger partial charge on any atom is -0.353 e. The normalized spacial score (nSPS) is 14.3. The lowest BCUT2D eigenvalue weighted by molar-refractivity contribution is 0.630. The molecule has 7 heteroatoms. The van der Waals surface area contributed by atoms with Gasteiger partial charge in [-0.05, 0) is 43.2 Å². The molecule has 0 radical (unpaired) electrons. The molecule has 0 saturated carbocycles. The third-order valence-corrected chi connectivity index (χ3v) is 4.74. The third-order valence-electron chi connectivity index (χ3n) is 4.74. The molecule has 7 nitrogen and oxygen atoms in total. The molecule has 1 aliphatic rings. The van der Waals surface area contributed by atoms with Crippen molar-refractivity contribution in [1.29, 1.82) is 0 Å². The summed E-state index contributed by atoms with van der Waals surface area (Å²) in [4.78, 5) is 13.5. The highest BCUT2D eigenvalue weighted by atomic mass is 15.4. The van der Waals surface area contributed by atoms with Gasteiger partial charge in [-0.3, -0.25) is 0 Å². The Labute approximate surface area is 159 Å². The highest BCUT2D eigenvalue weighted by Gasteiger charge is 2.20. The molecule has 4 rings (SSSR count). The van der Waals surface area contributed by atoms with Crippen molar-refractivity contribution >= 4 is 23.3 Å². The van der Waals surface area contributed by atoms with Crippen LogP contribution >= 0.6 is 0 Å². The fraction of sp³-hybridized carbons (Fsp3) is 0.300. The molecule has 0 bridgehead atoms. The number of anilines is 4. The highest BCUT2D eigenvalue weighted by molar-refractivity contribution is 5.61. The van der Waals surface area contributed by atoms with Crippen molar-refractivity contribution in [2.75, 3.05) is 41.3 Å². The number of benzene rings is 1. The van der Waals surface area contributed by atoms with Crippen molar-refractivity contribution in [3.8, 4) is 0 Å². The van der Waals surface area contributed by atoms with Crippen LogP contribution in [0, 0.1) is 13.8 Å². The van der Waals surface area contributed by atoms with Crippen LogP contribution in [0.4, 0.5) is 23.3 Å². The summed E-state index contributed by atoms with van der Waals surface area (Å²) in [5.74, 6) is 2.38. The molecular formula is C20H23N7. The van der Waals surface area contributed by atoms with E-state index in [0.717, 1.165) is 37.7 Å². The van der Waals surface area contributed by atoms with Crippen molar-refractivity contribution in [2.45, 2.75) is 13.8 Å². The van der Waals surface area contributed by atoms with E-state index in [9.17, 15) is 0 Å². The van der Waals surface area contributed by atoms with Gasteiger partial charge in [-0.2, -0.15) is 10.1 Å². The van der Waals surface area contributed by atoms with Crippen LogP contribution in [0.3, 0.4) is 0 Å². The lowest BCUT2D eigenvalue weighted by Crippen LogP contribution is -2.47. The molecule has 3 aromatic rings. The molecule has 0 amide bonds. The topological polar surface area (TPSA) is 70.1 Å². The van der Waals surface area contributed by atoms with Gasteiger partial charge >= 0.3 is 0 Å². The zero-order valence-electron chi connectivity index (χ0n) is 15.6. The first-order valence-electron chi connectivity index (χ1n) is 9.14. The van der Waals surface area contributed by atoms with Crippen LogP contribution in [0.25, 0.3) is 0 Å². The van der Waals surface area contributed by atoms with E-state index in [4.69, 9.17) is 0 Å². The Morgan fingerprint density at radius 2 is 1.78 bits per heavy atom. The molecule has 2 aromatic heterocycles. The molecule has 1 aliphatic heterocycles. The summed E-state index contributed by atoms with van der Waals surface area (Å²) in [5.41, 5.74) is 3.42. The molecule has 138 valence electrons. The first kappa shape index (κ1) is 17.2. The fourth-order valence-electron chi connectivity index (χ4n) is 3.17. The summed E-state index contributed by atoms with van der Waals surface area (Å²) in [5, 5.41) is 11.7. The molecule has 0 unspecified atom stereocenters. The van der Waals surface area contributed by atoms with Gasteiger partial charge in [-0.1, -0.05) is 18.2 Å². The summed E-state index contributed by atoms with van der Waals surface area (Å²) >= 11 is 0. The number of hydrogen-bond acceptors (Lipinski definition) is 7. The quantitative estimate of drug-likeness (QED) is 0.766. The number of hydrogen-bond donors (Lipinski definition) is 1. The maximum atomic E-state index is 4.67. The second-order valence-corrected chi connectivity index (χ2v) is 6.75. The van der Waals surface area contributed by atoms with Crippen molar-refractivity contribution < 1.29 is 0 Å². The molecule has 1 aromatic carbocycles.